The predicted octanol–water partition coefficient (Wildman–Crippen LogP) is 3.37. The van der Waals surface area contributed by atoms with Crippen molar-refractivity contribution >= 4 is 35.1 Å². The Balaban J connectivity index is 1.87. The highest BCUT2D eigenvalue weighted by molar-refractivity contribution is 6.31. The highest BCUT2D eigenvalue weighted by atomic mass is 35.5. The number of methoxy groups -OCH3 is 1. The number of ether oxygens (including phenoxy) is 4. The molecule has 0 saturated heterocycles. The molecular formula is C23H27ClN2O7. The number of benzene rings is 2. The number of hydrogen-bond acceptors (Lipinski definition) is 7. The van der Waals surface area contributed by atoms with E-state index < -0.39 is 30.9 Å². The number of carbonyl (C=O) groups is 3. The van der Waals surface area contributed by atoms with Crippen LogP contribution >= 0.6 is 11.6 Å². The third-order valence-corrected chi connectivity index (χ3v) is 4.73. The van der Waals surface area contributed by atoms with Gasteiger partial charge in [0.2, 0.25) is 0 Å². The molecular weight excluding hydrogens is 452 g/mol. The molecule has 2 amide bonds. The molecule has 2 aromatic carbocycles. The molecule has 0 radical (unpaired) electrons. The molecule has 0 atom stereocenters. The predicted molar refractivity (Wildman–Crippen MR) is 123 cm³/mol. The van der Waals surface area contributed by atoms with E-state index in [0.29, 0.717) is 41.2 Å². The molecule has 0 heterocycles. The molecule has 2 aromatic rings. The van der Waals surface area contributed by atoms with Gasteiger partial charge in [0.15, 0.2) is 18.1 Å². The van der Waals surface area contributed by atoms with Crippen LogP contribution in [0, 0.1) is 6.92 Å². The van der Waals surface area contributed by atoms with Gasteiger partial charge in [0.25, 0.3) is 11.8 Å². The summed E-state index contributed by atoms with van der Waals surface area (Å²) in [5.41, 5.74) is 1.43. The van der Waals surface area contributed by atoms with Gasteiger partial charge in [0, 0.05) is 16.7 Å². The number of esters is 1. The monoisotopic (exact) mass is 478 g/mol. The SMILES string of the molecule is CCOc1ccc(C(=O)NCC(=O)OCC(=O)Nc2cc(C)c(Cl)cc2OC)cc1OCC. The Morgan fingerprint density at radius 1 is 0.970 bits per heavy atom. The maximum atomic E-state index is 12.4. The van der Waals surface area contributed by atoms with Crippen LogP contribution in [0.15, 0.2) is 30.3 Å². The molecule has 0 spiro atoms. The quantitative estimate of drug-likeness (QED) is 0.476. The van der Waals surface area contributed by atoms with Crippen LogP contribution in [0.5, 0.6) is 17.2 Å². The van der Waals surface area contributed by atoms with Crippen LogP contribution in [0.2, 0.25) is 5.02 Å². The van der Waals surface area contributed by atoms with Crippen LogP contribution < -0.4 is 24.8 Å². The summed E-state index contributed by atoms with van der Waals surface area (Å²) in [4.78, 5) is 36.5. The summed E-state index contributed by atoms with van der Waals surface area (Å²) in [6.07, 6.45) is 0. The van der Waals surface area contributed by atoms with Crippen LogP contribution in [-0.4, -0.2) is 51.3 Å². The second-order valence-electron chi connectivity index (χ2n) is 6.72. The fourth-order valence-electron chi connectivity index (χ4n) is 2.76. The summed E-state index contributed by atoms with van der Waals surface area (Å²) >= 11 is 6.04. The summed E-state index contributed by atoms with van der Waals surface area (Å²) in [5, 5.41) is 5.54. The average Bonchev–Trinajstić information content (AvgIpc) is 2.79. The molecule has 33 heavy (non-hydrogen) atoms. The molecule has 9 nitrogen and oxygen atoms in total. The zero-order chi connectivity index (χ0) is 24.4. The lowest BCUT2D eigenvalue weighted by Gasteiger charge is -2.13. The highest BCUT2D eigenvalue weighted by Gasteiger charge is 2.15. The normalized spacial score (nSPS) is 10.2. The van der Waals surface area contributed by atoms with E-state index in [-0.39, 0.29) is 5.56 Å². The van der Waals surface area contributed by atoms with Crippen LogP contribution in [-0.2, 0) is 14.3 Å². The van der Waals surface area contributed by atoms with Crippen molar-refractivity contribution in [1.82, 2.24) is 5.32 Å². The Labute approximate surface area is 197 Å². The lowest BCUT2D eigenvalue weighted by molar-refractivity contribution is -0.146. The van der Waals surface area contributed by atoms with Gasteiger partial charge in [0.05, 0.1) is 26.0 Å². The van der Waals surface area contributed by atoms with E-state index in [2.05, 4.69) is 10.6 Å². The maximum Gasteiger partial charge on any atom is 0.325 e. The number of anilines is 1. The molecule has 10 heteroatoms. The molecule has 0 fully saturated rings. The number of nitrogens with one attached hydrogen (secondary N) is 2. The Morgan fingerprint density at radius 3 is 2.33 bits per heavy atom. The van der Waals surface area contributed by atoms with Gasteiger partial charge < -0.3 is 29.6 Å². The smallest absolute Gasteiger partial charge is 0.325 e. The van der Waals surface area contributed by atoms with Crippen molar-refractivity contribution in [3.05, 3.63) is 46.5 Å². The van der Waals surface area contributed by atoms with Crippen LogP contribution in [0.4, 0.5) is 5.69 Å². The van der Waals surface area contributed by atoms with Crippen molar-refractivity contribution in [3.63, 3.8) is 0 Å². The van der Waals surface area contributed by atoms with Crippen LogP contribution in [0.25, 0.3) is 0 Å². The summed E-state index contributed by atoms with van der Waals surface area (Å²) < 4.78 is 21.1. The number of aryl methyl sites for hydroxylation is 1. The lowest BCUT2D eigenvalue weighted by atomic mass is 10.2. The third kappa shape index (κ3) is 7.57. The van der Waals surface area contributed by atoms with Crippen molar-refractivity contribution in [2.24, 2.45) is 0 Å². The first-order chi connectivity index (χ1) is 15.8. The molecule has 0 saturated carbocycles. The molecule has 0 aliphatic heterocycles. The summed E-state index contributed by atoms with van der Waals surface area (Å²) in [6, 6.07) is 7.94. The second kappa shape index (κ2) is 12.5. The van der Waals surface area contributed by atoms with Gasteiger partial charge in [-0.25, -0.2) is 0 Å². The number of rotatable bonds is 11. The van der Waals surface area contributed by atoms with Crippen molar-refractivity contribution in [1.29, 1.82) is 0 Å². The minimum atomic E-state index is -0.770. The van der Waals surface area contributed by atoms with Gasteiger partial charge >= 0.3 is 5.97 Å². The van der Waals surface area contributed by atoms with Crippen molar-refractivity contribution in [2.75, 3.05) is 38.8 Å². The molecule has 2 rings (SSSR count). The van der Waals surface area contributed by atoms with Crippen molar-refractivity contribution in [2.45, 2.75) is 20.8 Å². The average molecular weight is 479 g/mol. The van der Waals surface area contributed by atoms with Crippen LogP contribution in [0.1, 0.15) is 29.8 Å². The largest absolute Gasteiger partial charge is 0.495 e. The van der Waals surface area contributed by atoms with Crippen molar-refractivity contribution in [3.8, 4) is 17.2 Å². The fraction of sp³-hybridized carbons (Fsp3) is 0.348. The number of carbonyl (C=O) groups excluding carboxylic acids is 3. The van der Waals surface area contributed by atoms with E-state index in [1.165, 1.54) is 13.2 Å². The lowest BCUT2D eigenvalue weighted by Crippen LogP contribution is -2.32. The third-order valence-electron chi connectivity index (χ3n) is 4.32. The Kier molecular flexibility index (Phi) is 9.81. The Hall–Kier alpha value is -3.46. The first kappa shape index (κ1) is 25.8. The molecule has 0 bridgehead atoms. The van der Waals surface area contributed by atoms with Crippen molar-refractivity contribution < 1.29 is 33.3 Å². The molecule has 2 N–H and O–H groups in total. The minimum absolute atomic E-state index is 0.289. The fourth-order valence-corrected chi connectivity index (χ4v) is 2.91. The molecule has 0 unspecified atom stereocenters. The van der Waals surface area contributed by atoms with Gasteiger partial charge in [0.1, 0.15) is 12.3 Å². The summed E-state index contributed by atoms with van der Waals surface area (Å²) in [6.45, 7) is 5.36. The number of halogens is 1. The first-order valence-electron chi connectivity index (χ1n) is 10.3. The topological polar surface area (TPSA) is 112 Å². The van der Waals surface area contributed by atoms with E-state index in [9.17, 15) is 14.4 Å². The molecule has 0 aliphatic rings. The molecule has 0 aromatic heterocycles. The Morgan fingerprint density at radius 2 is 1.67 bits per heavy atom. The van der Waals surface area contributed by atoms with E-state index >= 15 is 0 Å². The van der Waals surface area contributed by atoms with Gasteiger partial charge in [-0.1, -0.05) is 11.6 Å². The zero-order valence-corrected chi connectivity index (χ0v) is 19.7. The number of hydrogen-bond donors (Lipinski definition) is 2. The molecule has 178 valence electrons. The van der Waals surface area contributed by atoms with E-state index in [4.69, 9.17) is 30.5 Å². The standard InChI is InChI=1S/C23H27ClN2O7/c1-5-31-18-8-7-15(10-20(18)32-6-2)23(29)25-12-22(28)33-13-21(27)26-17-9-14(3)16(24)11-19(17)30-4/h7-11H,5-6,12-13H2,1-4H3,(H,25,29)(H,26,27). The molecule has 0 aliphatic carbocycles. The van der Waals surface area contributed by atoms with Crippen LogP contribution in [0.3, 0.4) is 0 Å². The zero-order valence-electron chi connectivity index (χ0n) is 19.0. The van der Waals surface area contributed by atoms with Gasteiger partial charge in [-0.2, -0.15) is 0 Å². The van der Waals surface area contributed by atoms with E-state index in [1.807, 2.05) is 13.8 Å². The van der Waals surface area contributed by atoms with Gasteiger partial charge in [-0.05, 0) is 50.6 Å². The van der Waals surface area contributed by atoms with Gasteiger partial charge in [-0.3, -0.25) is 14.4 Å². The van der Waals surface area contributed by atoms with Gasteiger partial charge in [-0.15, -0.1) is 0 Å². The second-order valence-corrected chi connectivity index (χ2v) is 7.13. The highest BCUT2D eigenvalue weighted by Crippen LogP contribution is 2.31. The summed E-state index contributed by atoms with van der Waals surface area (Å²) in [5.74, 6) is -0.509. The van der Waals surface area contributed by atoms with E-state index in [1.54, 1.807) is 31.2 Å². The van der Waals surface area contributed by atoms with E-state index in [0.717, 1.165) is 5.56 Å². The number of amides is 2. The minimum Gasteiger partial charge on any atom is -0.495 e. The first-order valence-corrected chi connectivity index (χ1v) is 10.6. The Bertz CT molecular complexity index is 1010. The summed E-state index contributed by atoms with van der Waals surface area (Å²) in [7, 11) is 1.45. The maximum absolute atomic E-state index is 12.4.